The number of pyridine rings is 1. The van der Waals surface area contributed by atoms with Gasteiger partial charge in [0.05, 0.1) is 11.5 Å². The molecular formula is C12H11F5N2O4. The fourth-order valence-corrected chi connectivity index (χ4v) is 1.97. The minimum atomic E-state index is -5.26. The van der Waals surface area contributed by atoms with E-state index in [1.807, 2.05) is 0 Å². The maximum atomic E-state index is 13.1. The first-order chi connectivity index (χ1) is 10.6. The molecule has 1 aromatic rings. The van der Waals surface area contributed by atoms with Crippen molar-refractivity contribution in [2.75, 3.05) is 6.61 Å². The monoisotopic (exact) mass is 342 g/mol. The van der Waals surface area contributed by atoms with Crippen LogP contribution in [-0.2, 0) is 17.3 Å². The number of ether oxygens (including phenoxy) is 1. The molecule has 0 unspecified atom stereocenters. The van der Waals surface area contributed by atoms with Gasteiger partial charge < -0.3 is 4.74 Å². The van der Waals surface area contributed by atoms with Crippen molar-refractivity contribution in [3.8, 4) is 0 Å². The Morgan fingerprint density at radius 3 is 2.26 bits per heavy atom. The Hall–Kier alpha value is -2.33. The molecule has 128 valence electrons. The summed E-state index contributed by atoms with van der Waals surface area (Å²) < 4.78 is 69.4. The molecule has 0 N–H and O–H groups in total. The first kappa shape index (κ1) is 18.7. The van der Waals surface area contributed by atoms with E-state index in [4.69, 9.17) is 0 Å². The highest BCUT2D eigenvalue weighted by atomic mass is 19.4. The molecule has 1 rings (SSSR count). The van der Waals surface area contributed by atoms with Crippen molar-refractivity contribution in [3.63, 3.8) is 0 Å². The molecule has 0 atom stereocenters. The van der Waals surface area contributed by atoms with Crippen LogP contribution < -0.4 is 0 Å². The summed E-state index contributed by atoms with van der Waals surface area (Å²) in [5.74, 6) is -1.51. The van der Waals surface area contributed by atoms with Gasteiger partial charge >= 0.3 is 17.8 Å². The largest absolute Gasteiger partial charge is 0.462 e. The molecule has 0 aliphatic heterocycles. The highest BCUT2D eigenvalue weighted by Crippen LogP contribution is 2.40. The third-order valence-corrected chi connectivity index (χ3v) is 2.79. The summed E-state index contributed by atoms with van der Waals surface area (Å²) >= 11 is 0. The average molecular weight is 342 g/mol. The van der Waals surface area contributed by atoms with E-state index in [-0.39, 0.29) is 6.61 Å². The first-order valence-corrected chi connectivity index (χ1v) is 6.29. The molecule has 0 aromatic carbocycles. The van der Waals surface area contributed by atoms with Gasteiger partial charge in [-0.3, -0.25) is 10.1 Å². The number of hydrogen-bond donors (Lipinski definition) is 0. The van der Waals surface area contributed by atoms with E-state index < -0.39 is 58.1 Å². The number of nitrogens with zero attached hydrogens (tertiary/aromatic N) is 2. The molecule has 0 radical (unpaired) electrons. The van der Waals surface area contributed by atoms with Crippen LogP contribution in [0.1, 0.15) is 47.6 Å². The van der Waals surface area contributed by atoms with Crippen molar-refractivity contribution in [2.45, 2.75) is 32.9 Å². The summed E-state index contributed by atoms with van der Waals surface area (Å²) in [4.78, 5) is 24.2. The minimum absolute atomic E-state index is 0.302. The van der Waals surface area contributed by atoms with Crippen molar-refractivity contribution >= 4 is 11.7 Å². The lowest BCUT2D eigenvalue weighted by Crippen LogP contribution is -2.22. The van der Waals surface area contributed by atoms with E-state index >= 15 is 0 Å². The summed E-state index contributed by atoms with van der Waals surface area (Å²) in [6, 6.07) is 0. The third-order valence-electron chi connectivity index (χ3n) is 2.79. The van der Waals surface area contributed by atoms with Gasteiger partial charge in [0.1, 0.15) is 5.56 Å². The molecule has 23 heavy (non-hydrogen) atoms. The molecule has 0 fully saturated rings. The Labute approximate surface area is 126 Å². The standard InChI is InChI=1S/C12H11F5N2O4/c1-3-5-6(11(20)23-4-2)9(12(15,16)17)18-7(10(13)14)8(5)19(21)22/h10H,3-4H2,1-2H3. The summed E-state index contributed by atoms with van der Waals surface area (Å²) in [6.45, 7) is 2.20. The van der Waals surface area contributed by atoms with Crippen molar-refractivity contribution < 1.29 is 36.4 Å². The number of carbonyl (C=O) groups is 1. The van der Waals surface area contributed by atoms with E-state index in [1.54, 1.807) is 0 Å². The molecule has 0 saturated carbocycles. The molecule has 11 heteroatoms. The Morgan fingerprint density at radius 2 is 1.91 bits per heavy atom. The fourth-order valence-electron chi connectivity index (χ4n) is 1.97. The van der Waals surface area contributed by atoms with Crippen molar-refractivity contribution in [1.82, 2.24) is 4.98 Å². The molecule has 0 aliphatic rings. The number of carbonyl (C=O) groups excluding carboxylic acids is 1. The number of halogens is 5. The third kappa shape index (κ3) is 3.71. The van der Waals surface area contributed by atoms with Gasteiger partial charge in [0.15, 0.2) is 11.4 Å². The van der Waals surface area contributed by atoms with Crippen molar-refractivity contribution in [2.24, 2.45) is 0 Å². The van der Waals surface area contributed by atoms with Gasteiger partial charge in [0.25, 0.3) is 6.43 Å². The van der Waals surface area contributed by atoms with Gasteiger partial charge in [0.2, 0.25) is 0 Å². The van der Waals surface area contributed by atoms with Crippen LogP contribution in [0.15, 0.2) is 0 Å². The van der Waals surface area contributed by atoms with Crippen LogP contribution in [0.4, 0.5) is 27.6 Å². The predicted molar refractivity (Wildman–Crippen MR) is 66.2 cm³/mol. The second-order valence-corrected chi connectivity index (χ2v) is 4.18. The van der Waals surface area contributed by atoms with Crippen LogP contribution in [0, 0.1) is 10.1 Å². The molecule has 1 aromatic heterocycles. The fraction of sp³-hybridized carbons (Fsp3) is 0.500. The van der Waals surface area contributed by atoms with Gasteiger partial charge in [-0.1, -0.05) is 6.92 Å². The molecule has 0 bridgehead atoms. The number of alkyl halides is 5. The number of aromatic nitrogens is 1. The van der Waals surface area contributed by atoms with Crippen LogP contribution >= 0.6 is 0 Å². The van der Waals surface area contributed by atoms with Crippen LogP contribution in [0.5, 0.6) is 0 Å². The van der Waals surface area contributed by atoms with E-state index in [9.17, 15) is 36.9 Å². The summed E-state index contributed by atoms with van der Waals surface area (Å²) in [5.41, 5.74) is -6.86. The highest BCUT2D eigenvalue weighted by molar-refractivity contribution is 5.94. The van der Waals surface area contributed by atoms with Crippen LogP contribution in [0.3, 0.4) is 0 Å². The van der Waals surface area contributed by atoms with Crippen molar-refractivity contribution in [1.29, 1.82) is 0 Å². The zero-order valence-electron chi connectivity index (χ0n) is 11.9. The van der Waals surface area contributed by atoms with Gasteiger partial charge in [0, 0.05) is 5.56 Å². The lowest BCUT2D eigenvalue weighted by atomic mass is 9.99. The smallest absolute Gasteiger partial charge is 0.434 e. The van der Waals surface area contributed by atoms with E-state index in [0.717, 1.165) is 0 Å². The molecule has 0 amide bonds. The molecule has 0 saturated heterocycles. The summed E-state index contributed by atoms with van der Waals surface area (Å²) in [5, 5.41) is 11.0. The van der Waals surface area contributed by atoms with Crippen LogP contribution in [0.2, 0.25) is 0 Å². The van der Waals surface area contributed by atoms with E-state index in [2.05, 4.69) is 9.72 Å². The van der Waals surface area contributed by atoms with E-state index in [0.29, 0.717) is 0 Å². The van der Waals surface area contributed by atoms with Crippen LogP contribution in [-0.4, -0.2) is 22.5 Å². The second-order valence-electron chi connectivity index (χ2n) is 4.18. The summed E-state index contributed by atoms with van der Waals surface area (Å²) in [6.07, 6.45) is -9.33. The molecule has 6 nitrogen and oxygen atoms in total. The number of hydrogen-bond acceptors (Lipinski definition) is 5. The Balaban J connectivity index is 3.93. The van der Waals surface area contributed by atoms with Crippen LogP contribution in [0.25, 0.3) is 0 Å². The zero-order valence-corrected chi connectivity index (χ0v) is 11.9. The second kappa shape index (κ2) is 6.84. The first-order valence-electron chi connectivity index (χ1n) is 6.29. The van der Waals surface area contributed by atoms with Gasteiger partial charge in [-0.2, -0.15) is 13.2 Å². The average Bonchev–Trinajstić information content (AvgIpc) is 2.43. The van der Waals surface area contributed by atoms with E-state index in [1.165, 1.54) is 13.8 Å². The lowest BCUT2D eigenvalue weighted by molar-refractivity contribution is -0.387. The Kier molecular flexibility index (Phi) is 5.56. The normalized spacial score (nSPS) is 11.7. The van der Waals surface area contributed by atoms with Gasteiger partial charge in [-0.15, -0.1) is 0 Å². The molecule has 1 heterocycles. The Bertz CT molecular complexity index is 631. The topological polar surface area (TPSA) is 82.3 Å². The van der Waals surface area contributed by atoms with Gasteiger partial charge in [-0.25, -0.2) is 18.6 Å². The molecule has 0 spiro atoms. The molecular weight excluding hydrogens is 331 g/mol. The quantitative estimate of drug-likeness (QED) is 0.353. The highest BCUT2D eigenvalue weighted by Gasteiger charge is 2.44. The number of esters is 1. The van der Waals surface area contributed by atoms with Crippen molar-refractivity contribution in [3.05, 3.63) is 32.6 Å². The SMILES string of the molecule is CCOC(=O)c1c(C(F)(F)F)nc(C(F)F)c([N+](=O)[O-])c1CC. The summed E-state index contributed by atoms with van der Waals surface area (Å²) in [7, 11) is 0. The number of rotatable bonds is 5. The van der Waals surface area contributed by atoms with Gasteiger partial charge in [-0.05, 0) is 13.3 Å². The Morgan fingerprint density at radius 1 is 1.35 bits per heavy atom. The minimum Gasteiger partial charge on any atom is -0.462 e. The maximum absolute atomic E-state index is 13.1. The molecule has 0 aliphatic carbocycles. The maximum Gasteiger partial charge on any atom is 0.434 e. The lowest BCUT2D eigenvalue weighted by Gasteiger charge is -2.16. The predicted octanol–water partition coefficient (Wildman–Crippen LogP) is 3.69. The zero-order chi connectivity index (χ0) is 17.9. The number of nitro groups is 1.